The third-order valence-corrected chi connectivity index (χ3v) is 4.59. The Morgan fingerprint density at radius 3 is 2.43 bits per heavy atom. The van der Waals surface area contributed by atoms with E-state index < -0.39 is 17.5 Å². The lowest BCUT2D eigenvalue weighted by Crippen LogP contribution is -2.07. The van der Waals surface area contributed by atoms with Crippen molar-refractivity contribution < 1.29 is 17.9 Å². The lowest BCUT2D eigenvalue weighted by molar-refractivity contribution is 0.415. The first-order valence-corrected chi connectivity index (χ1v) is 8.51. The van der Waals surface area contributed by atoms with Crippen LogP contribution in [0, 0.1) is 17.5 Å². The van der Waals surface area contributed by atoms with Crippen molar-refractivity contribution in [2.24, 2.45) is 0 Å². The van der Waals surface area contributed by atoms with Crippen LogP contribution >= 0.6 is 0 Å². The molecule has 0 aliphatic carbocycles. The Balaban J connectivity index is 2.01. The van der Waals surface area contributed by atoms with Crippen LogP contribution in [0.1, 0.15) is 5.56 Å². The zero-order valence-electron chi connectivity index (χ0n) is 14.9. The fraction of sp³-hybridized carbons (Fsp3) is 0.0952. The lowest BCUT2D eigenvalue weighted by Gasteiger charge is -2.13. The number of nitrogens with zero attached hydrogens (tertiary/aromatic N) is 2. The number of halogens is 3. The van der Waals surface area contributed by atoms with Gasteiger partial charge in [-0.05, 0) is 42.5 Å². The predicted octanol–water partition coefficient (Wildman–Crippen LogP) is 4.76. The summed E-state index contributed by atoms with van der Waals surface area (Å²) in [6, 6.07) is 12.8. The van der Waals surface area contributed by atoms with Gasteiger partial charge in [-0.2, -0.15) is 0 Å². The van der Waals surface area contributed by atoms with Gasteiger partial charge in [0, 0.05) is 5.56 Å². The molecule has 142 valence electrons. The van der Waals surface area contributed by atoms with Crippen molar-refractivity contribution in [3.05, 3.63) is 77.6 Å². The third-order valence-electron chi connectivity index (χ3n) is 4.59. The topological polar surface area (TPSA) is 53.1 Å². The summed E-state index contributed by atoms with van der Waals surface area (Å²) in [5.74, 6) is -1.16. The van der Waals surface area contributed by atoms with Gasteiger partial charge in [-0.25, -0.2) is 18.2 Å². The Labute approximate surface area is 159 Å². The first-order valence-electron chi connectivity index (χ1n) is 8.51. The molecule has 2 N–H and O–H groups in total. The van der Waals surface area contributed by atoms with E-state index >= 15 is 0 Å². The normalized spacial score (nSPS) is 11.1. The minimum Gasteiger partial charge on any atom is -0.496 e. The molecule has 7 heteroatoms. The molecule has 0 saturated heterocycles. The molecule has 0 radical (unpaired) electrons. The molecule has 0 atom stereocenters. The fourth-order valence-corrected chi connectivity index (χ4v) is 3.23. The second-order valence-electron chi connectivity index (χ2n) is 6.28. The zero-order valence-corrected chi connectivity index (χ0v) is 14.9. The van der Waals surface area contributed by atoms with E-state index in [-0.39, 0.29) is 12.1 Å². The molecule has 0 unspecified atom stereocenters. The predicted molar refractivity (Wildman–Crippen MR) is 102 cm³/mol. The zero-order chi connectivity index (χ0) is 19.8. The summed E-state index contributed by atoms with van der Waals surface area (Å²) in [6.45, 7) is -0.145. The van der Waals surface area contributed by atoms with Gasteiger partial charge in [-0.1, -0.05) is 12.1 Å². The number of nitrogen functional groups attached to an aromatic ring is 1. The van der Waals surface area contributed by atoms with Crippen molar-refractivity contribution in [3.8, 4) is 17.1 Å². The Morgan fingerprint density at radius 1 is 1.00 bits per heavy atom. The Morgan fingerprint density at radius 2 is 1.71 bits per heavy atom. The van der Waals surface area contributed by atoms with Crippen molar-refractivity contribution in [2.75, 3.05) is 12.8 Å². The quantitative estimate of drug-likeness (QED) is 0.517. The number of imidazole rings is 1. The van der Waals surface area contributed by atoms with Gasteiger partial charge in [0.2, 0.25) is 0 Å². The summed E-state index contributed by atoms with van der Waals surface area (Å²) in [5.41, 5.74) is 7.71. The van der Waals surface area contributed by atoms with E-state index in [0.717, 1.165) is 0 Å². The molecule has 0 aliphatic rings. The van der Waals surface area contributed by atoms with Crippen molar-refractivity contribution in [2.45, 2.75) is 6.54 Å². The van der Waals surface area contributed by atoms with Crippen LogP contribution < -0.4 is 10.5 Å². The van der Waals surface area contributed by atoms with E-state index in [1.54, 1.807) is 22.8 Å². The minimum atomic E-state index is -0.678. The first-order chi connectivity index (χ1) is 13.5. The van der Waals surface area contributed by atoms with Crippen LogP contribution in [0.2, 0.25) is 0 Å². The van der Waals surface area contributed by atoms with Gasteiger partial charge >= 0.3 is 0 Å². The number of benzene rings is 3. The summed E-state index contributed by atoms with van der Waals surface area (Å²) in [4.78, 5) is 4.53. The van der Waals surface area contributed by atoms with E-state index in [4.69, 9.17) is 10.5 Å². The molecule has 1 aromatic heterocycles. The average molecular weight is 383 g/mol. The van der Waals surface area contributed by atoms with Gasteiger partial charge in [0.25, 0.3) is 0 Å². The second kappa shape index (κ2) is 6.92. The Hall–Kier alpha value is -3.48. The SMILES string of the molecule is COc1ccc(F)cc1-c1nc2c(N)cccc2n1Cc1c(F)cccc1F. The van der Waals surface area contributed by atoms with Crippen molar-refractivity contribution in [1.82, 2.24) is 9.55 Å². The van der Waals surface area contributed by atoms with Crippen LogP contribution in [0.15, 0.2) is 54.6 Å². The summed E-state index contributed by atoms with van der Waals surface area (Å²) < 4.78 is 49.5. The maximum absolute atomic E-state index is 14.3. The average Bonchev–Trinajstić information content (AvgIpc) is 3.04. The molecule has 4 rings (SSSR count). The van der Waals surface area contributed by atoms with E-state index in [0.29, 0.717) is 33.9 Å². The largest absolute Gasteiger partial charge is 0.496 e. The summed E-state index contributed by atoms with van der Waals surface area (Å²) >= 11 is 0. The highest BCUT2D eigenvalue weighted by atomic mass is 19.1. The molecular formula is C21H16F3N3O. The Kier molecular flexibility index (Phi) is 4.43. The molecule has 0 amide bonds. The summed E-state index contributed by atoms with van der Waals surface area (Å²) in [6.07, 6.45) is 0. The summed E-state index contributed by atoms with van der Waals surface area (Å²) in [5, 5.41) is 0. The Bertz CT molecular complexity index is 1170. The molecule has 4 nitrogen and oxygen atoms in total. The number of nitrogens with two attached hydrogens (primary N) is 1. The van der Waals surface area contributed by atoms with Crippen LogP contribution in [-0.2, 0) is 6.54 Å². The van der Waals surface area contributed by atoms with Crippen LogP contribution in [0.25, 0.3) is 22.4 Å². The molecule has 0 aliphatic heterocycles. The van der Waals surface area contributed by atoms with Gasteiger partial charge in [0.15, 0.2) is 0 Å². The molecule has 0 saturated carbocycles. The fourth-order valence-electron chi connectivity index (χ4n) is 3.23. The van der Waals surface area contributed by atoms with Crippen molar-refractivity contribution in [1.29, 1.82) is 0 Å². The summed E-state index contributed by atoms with van der Waals surface area (Å²) in [7, 11) is 1.45. The highest BCUT2D eigenvalue weighted by Gasteiger charge is 2.20. The number of anilines is 1. The maximum atomic E-state index is 14.3. The second-order valence-corrected chi connectivity index (χ2v) is 6.28. The van der Waals surface area contributed by atoms with E-state index in [2.05, 4.69) is 4.98 Å². The van der Waals surface area contributed by atoms with Gasteiger partial charge in [0.1, 0.15) is 34.5 Å². The number of rotatable bonds is 4. The van der Waals surface area contributed by atoms with E-state index in [1.807, 2.05) is 0 Å². The lowest BCUT2D eigenvalue weighted by atomic mass is 10.1. The monoisotopic (exact) mass is 383 g/mol. The molecule has 0 fully saturated rings. The molecule has 28 heavy (non-hydrogen) atoms. The number of hydrogen-bond donors (Lipinski definition) is 1. The maximum Gasteiger partial charge on any atom is 0.145 e. The van der Waals surface area contributed by atoms with Crippen molar-refractivity contribution >= 4 is 16.7 Å². The number of para-hydroxylation sites is 1. The number of ether oxygens (including phenoxy) is 1. The number of aromatic nitrogens is 2. The van der Waals surface area contributed by atoms with Crippen LogP contribution in [0.4, 0.5) is 18.9 Å². The first kappa shape index (κ1) is 17.9. The van der Waals surface area contributed by atoms with Crippen LogP contribution in [0.5, 0.6) is 5.75 Å². The smallest absolute Gasteiger partial charge is 0.145 e. The molecule has 3 aromatic carbocycles. The highest BCUT2D eigenvalue weighted by Crippen LogP contribution is 2.35. The molecule has 4 aromatic rings. The van der Waals surface area contributed by atoms with Gasteiger partial charge in [-0.15, -0.1) is 0 Å². The van der Waals surface area contributed by atoms with Crippen LogP contribution in [-0.4, -0.2) is 16.7 Å². The highest BCUT2D eigenvalue weighted by molar-refractivity contribution is 5.90. The van der Waals surface area contributed by atoms with E-state index in [1.165, 1.54) is 43.5 Å². The van der Waals surface area contributed by atoms with E-state index in [9.17, 15) is 13.2 Å². The molecule has 0 spiro atoms. The number of hydrogen-bond acceptors (Lipinski definition) is 3. The van der Waals surface area contributed by atoms with Crippen molar-refractivity contribution in [3.63, 3.8) is 0 Å². The van der Waals surface area contributed by atoms with Crippen LogP contribution in [0.3, 0.4) is 0 Å². The van der Waals surface area contributed by atoms with Gasteiger partial charge < -0.3 is 15.0 Å². The van der Waals surface area contributed by atoms with Gasteiger partial charge in [0.05, 0.1) is 30.4 Å². The molecular weight excluding hydrogens is 367 g/mol. The third kappa shape index (κ3) is 2.94. The van der Waals surface area contributed by atoms with Gasteiger partial charge in [-0.3, -0.25) is 0 Å². The minimum absolute atomic E-state index is 0.124. The molecule has 1 heterocycles. The number of methoxy groups -OCH3 is 1. The standard InChI is InChI=1S/C21H16F3N3O/c1-28-19-9-8-12(22)10-13(19)21-26-20-17(25)6-3-7-18(20)27(21)11-14-15(23)4-2-5-16(14)24/h2-10H,11,25H2,1H3. The number of fused-ring (bicyclic) bond motifs is 1. The molecule has 0 bridgehead atoms.